The van der Waals surface area contributed by atoms with Gasteiger partial charge in [0.25, 0.3) is 0 Å². The van der Waals surface area contributed by atoms with E-state index in [1.54, 1.807) is 0 Å². The summed E-state index contributed by atoms with van der Waals surface area (Å²) in [6.45, 7) is 10.9. The molecule has 1 aromatic heterocycles. The van der Waals surface area contributed by atoms with Crippen molar-refractivity contribution < 1.29 is 14.0 Å². The van der Waals surface area contributed by atoms with E-state index in [0.29, 0.717) is 16.3 Å². The van der Waals surface area contributed by atoms with Crippen molar-refractivity contribution in [3.05, 3.63) is 39.9 Å². The maximum absolute atomic E-state index is 12.2. The van der Waals surface area contributed by atoms with Crippen molar-refractivity contribution >= 4 is 48.6 Å². The molecule has 1 aromatic carbocycles. The fourth-order valence-electron chi connectivity index (χ4n) is 1.95. The fraction of sp³-hybridized carbons (Fsp3) is 0.389. The van der Waals surface area contributed by atoms with E-state index in [1.165, 1.54) is 0 Å². The average molecular weight is 411 g/mol. The molecule has 0 atom stereocenters. The molecule has 0 aliphatic rings. The molecule has 140 valence electrons. The molecule has 0 bridgehead atoms. The van der Waals surface area contributed by atoms with Gasteiger partial charge in [0.2, 0.25) is 14.2 Å². The zero-order valence-electron chi connectivity index (χ0n) is 15.6. The number of nitrogens with zero attached hydrogens (tertiary/aromatic N) is 1. The number of hydrogen-bond acceptors (Lipinski definition) is 5. The van der Waals surface area contributed by atoms with Gasteiger partial charge in [-0.05, 0) is 35.8 Å². The van der Waals surface area contributed by atoms with Crippen LogP contribution in [0.2, 0.25) is 23.3 Å². The maximum atomic E-state index is 12.2. The van der Waals surface area contributed by atoms with Gasteiger partial charge in [0, 0.05) is 0 Å². The number of amides is 1. The van der Waals surface area contributed by atoms with Gasteiger partial charge < -0.3 is 9.74 Å². The predicted molar refractivity (Wildman–Crippen MR) is 109 cm³/mol. The first-order valence-corrected chi connectivity index (χ1v) is 12.3. The summed E-state index contributed by atoms with van der Waals surface area (Å²) in [6.07, 6.45) is 0.805. The van der Waals surface area contributed by atoms with Crippen LogP contribution < -0.4 is 9.74 Å². The second kappa shape index (κ2) is 7.90. The Bertz CT molecular complexity index is 815. The van der Waals surface area contributed by atoms with Gasteiger partial charge in [-0.2, -0.15) is 0 Å². The number of carbonyl (C=O) groups excluding carboxylic acids is 2. The van der Waals surface area contributed by atoms with Crippen LogP contribution in [0.5, 0.6) is 5.75 Å². The molecular weight excluding hydrogens is 388 g/mol. The van der Waals surface area contributed by atoms with Crippen molar-refractivity contribution in [3.8, 4) is 5.75 Å². The summed E-state index contributed by atoms with van der Waals surface area (Å²) in [5, 5.41) is 3.19. The number of aromatic nitrogens is 1. The first-order chi connectivity index (χ1) is 12.0. The minimum Gasteiger partial charge on any atom is -0.543 e. The number of thiazole rings is 1. The van der Waals surface area contributed by atoms with Crippen LogP contribution in [0.25, 0.3) is 0 Å². The number of halogens is 1. The Morgan fingerprint density at radius 2 is 2.08 bits per heavy atom. The number of rotatable bonds is 6. The van der Waals surface area contributed by atoms with Gasteiger partial charge in [-0.15, -0.1) is 0 Å². The van der Waals surface area contributed by atoms with Crippen molar-refractivity contribution in [3.63, 3.8) is 0 Å². The van der Waals surface area contributed by atoms with Gasteiger partial charge >= 0.3 is 0 Å². The fourth-order valence-corrected chi connectivity index (χ4v) is 3.96. The van der Waals surface area contributed by atoms with E-state index in [4.69, 9.17) is 16.0 Å². The Morgan fingerprint density at radius 1 is 1.38 bits per heavy atom. The van der Waals surface area contributed by atoms with Crippen molar-refractivity contribution in [1.29, 1.82) is 0 Å². The normalized spacial score (nSPS) is 11.9. The summed E-state index contributed by atoms with van der Waals surface area (Å²) in [7, 11) is -1.93. The van der Waals surface area contributed by atoms with Crippen LogP contribution in [0, 0.1) is 0 Å². The molecule has 1 heterocycles. The first-order valence-electron chi connectivity index (χ1n) is 8.21. The summed E-state index contributed by atoms with van der Waals surface area (Å²) in [5.74, 6) is 0.555. The van der Waals surface area contributed by atoms with E-state index in [2.05, 4.69) is 44.2 Å². The Balaban J connectivity index is 2.05. The third-order valence-corrected chi connectivity index (χ3v) is 10.1. The molecule has 26 heavy (non-hydrogen) atoms. The average Bonchev–Trinajstić information content (AvgIpc) is 2.85. The Hall–Kier alpha value is -1.70. The van der Waals surface area contributed by atoms with Gasteiger partial charge in [-0.25, -0.2) is 4.98 Å². The highest BCUT2D eigenvalue weighted by Gasteiger charge is 2.38. The molecule has 1 N–H and O–H groups in total. The van der Waals surface area contributed by atoms with E-state index >= 15 is 0 Å². The number of benzene rings is 1. The van der Waals surface area contributed by atoms with Crippen LogP contribution >= 0.6 is 22.9 Å². The zero-order chi connectivity index (χ0) is 19.5. The zero-order valence-corrected chi connectivity index (χ0v) is 18.1. The van der Waals surface area contributed by atoms with Gasteiger partial charge in [-0.1, -0.05) is 55.8 Å². The predicted octanol–water partition coefficient (Wildman–Crippen LogP) is 5.17. The van der Waals surface area contributed by atoms with Gasteiger partial charge in [0.15, 0.2) is 16.6 Å². The van der Waals surface area contributed by atoms with E-state index in [9.17, 15) is 9.59 Å². The molecule has 8 heteroatoms. The topological polar surface area (TPSA) is 68.3 Å². The van der Waals surface area contributed by atoms with E-state index in [0.717, 1.165) is 22.6 Å². The second-order valence-electron chi connectivity index (χ2n) is 7.53. The highest BCUT2D eigenvalue weighted by molar-refractivity contribution is 7.17. The molecule has 1 amide bonds. The molecule has 0 aliphatic heterocycles. The number of nitrogens with one attached hydrogen (secondary N) is 1. The molecule has 0 spiro atoms. The standard InChI is InChI=1S/C18H23ClN2O3SSi/c1-18(2,3)26(4,5)24-13-8-6-7-12(9-13)10-15(23)20-17-21-16(19)14(11-22)25-17/h6-9,11H,10H2,1-5H3,(H,20,21,23). The lowest BCUT2D eigenvalue weighted by atomic mass is 10.1. The highest BCUT2D eigenvalue weighted by atomic mass is 35.5. The second-order valence-corrected chi connectivity index (χ2v) is 13.6. The lowest BCUT2D eigenvalue weighted by Gasteiger charge is -2.36. The van der Waals surface area contributed by atoms with Crippen molar-refractivity contribution in [1.82, 2.24) is 4.98 Å². The van der Waals surface area contributed by atoms with Crippen molar-refractivity contribution in [2.45, 2.75) is 45.3 Å². The van der Waals surface area contributed by atoms with Gasteiger partial charge in [-0.3, -0.25) is 9.59 Å². The largest absolute Gasteiger partial charge is 0.543 e. The Kier molecular flexibility index (Phi) is 6.26. The molecule has 0 fully saturated rings. The minimum atomic E-state index is -1.93. The SMILES string of the molecule is CC(C)(C)[Si](C)(C)Oc1cccc(CC(=O)Nc2nc(Cl)c(C=O)s2)c1. The van der Waals surface area contributed by atoms with Crippen LogP contribution in [0.3, 0.4) is 0 Å². The lowest BCUT2D eigenvalue weighted by molar-refractivity contribution is -0.115. The van der Waals surface area contributed by atoms with Crippen molar-refractivity contribution in [2.24, 2.45) is 0 Å². The Morgan fingerprint density at radius 3 is 2.65 bits per heavy atom. The summed E-state index contributed by atoms with van der Waals surface area (Å²) in [5.41, 5.74) is 0.844. The Labute approximate surface area is 163 Å². The molecule has 0 saturated carbocycles. The molecule has 0 radical (unpaired) electrons. The third-order valence-electron chi connectivity index (χ3n) is 4.41. The van der Waals surface area contributed by atoms with Gasteiger partial charge in [0.05, 0.1) is 6.42 Å². The maximum Gasteiger partial charge on any atom is 0.250 e. The minimum absolute atomic E-state index is 0.0980. The number of carbonyl (C=O) groups is 2. The molecule has 0 unspecified atom stereocenters. The monoisotopic (exact) mass is 410 g/mol. The van der Waals surface area contributed by atoms with Crippen molar-refractivity contribution in [2.75, 3.05) is 5.32 Å². The lowest BCUT2D eigenvalue weighted by Crippen LogP contribution is -2.43. The van der Waals surface area contributed by atoms with Crippen LogP contribution in [-0.4, -0.2) is 25.5 Å². The van der Waals surface area contributed by atoms with Gasteiger partial charge in [0.1, 0.15) is 10.6 Å². The number of aldehydes is 1. The smallest absolute Gasteiger partial charge is 0.250 e. The number of anilines is 1. The van der Waals surface area contributed by atoms with Crippen LogP contribution in [0.1, 0.15) is 36.0 Å². The van der Waals surface area contributed by atoms with Crippen LogP contribution in [0.4, 0.5) is 5.13 Å². The molecule has 5 nitrogen and oxygen atoms in total. The van der Waals surface area contributed by atoms with Crippen LogP contribution in [0.15, 0.2) is 24.3 Å². The number of hydrogen-bond donors (Lipinski definition) is 1. The molecule has 0 aliphatic carbocycles. The molecule has 0 saturated heterocycles. The molecular formula is C18H23ClN2O3SSi. The highest BCUT2D eigenvalue weighted by Crippen LogP contribution is 2.37. The quantitative estimate of drug-likeness (QED) is 0.526. The van der Waals surface area contributed by atoms with Crippen LogP contribution in [-0.2, 0) is 11.2 Å². The summed E-state index contributed by atoms with van der Waals surface area (Å²) >= 11 is 6.86. The van der Waals surface area contributed by atoms with E-state index < -0.39 is 8.32 Å². The van der Waals surface area contributed by atoms with E-state index in [1.807, 2.05) is 24.3 Å². The summed E-state index contributed by atoms with van der Waals surface area (Å²) in [6, 6.07) is 7.57. The first kappa shape index (κ1) is 20.6. The molecule has 2 aromatic rings. The van der Waals surface area contributed by atoms with E-state index in [-0.39, 0.29) is 22.5 Å². The third kappa shape index (κ3) is 5.15. The summed E-state index contributed by atoms with van der Waals surface area (Å²) in [4.78, 5) is 27.3. The molecule has 2 rings (SSSR count). The summed E-state index contributed by atoms with van der Waals surface area (Å²) < 4.78 is 6.28.